The van der Waals surface area contributed by atoms with Crippen LogP contribution in [0.15, 0.2) is 52.7 Å². The van der Waals surface area contributed by atoms with E-state index < -0.39 is 17.9 Å². The van der Waals surface area contributed by atoms with Gasteiger partial charge in [-0.05, 0) is 45.7 Å². The van der Waals surface area contributed by atoms with Crippen LogP contribution in [0.4, 0.5) is 13.2 Å². The van der Waals surface area contributed by atoms with Crippen LogP contribution in [0, 0.1) is 0 Å². The van der Waals surface area contributed by atoms with Crippen molar-refractivity contribution in [3.05, 3.63) is 48.2 Å². The van der Waals surface area contributed by atoms with Crippen molar-refractivity contribution in [1.82, 2.24) is 19.9 Å². The zero-order valence-electron chi connectivity index (χ0n) is 18.7. The van der Waals surface area contributed by atoms with Crippen LogP contribution in [-0.2, 0) is 4.74 Å². The lowest BCUT2D eigenvalue weighted by atomic mass is 10.1. The van der Waals surface area contributed by atoms with Gasteiger partial charge in [0.2, 0.25) is 5.88 Å². The number of aliphatic imine (C=N–C) groups is 2. The number of benzene rings is 1. The van der Waals surface area contributed by atoms with Gasteiger partial charge in [-0.3, -0.25) is 9.79 Å². The van der Waals surface area contributed by atoms with Crippen LogP contribution in [0.1, 0.15) is 31.1 Å². The molecule has 0 saturated carbocycles. The van der Waals surface area contributed by atoms with Crippen molar-refractivity contribution in [2.24, 2.45) is 9.98 Å². The molecule has 0 aliphatic carbocycles. The number of likely N-dealkylation sites (N-methyl/N-ethyl adjacent to an activating group) is 1. The fraction of sp³-hybridized carbons (Fsp3) is 0.381. The molecule has 1 aromatic carbocycles. The van der Waals surface area contributed by atoms with Crippen LogP contribution in [0.5, 0.6) is 5.75 Å². The summed E-state index contributed by atoms with van der Waals surface area (Å²) in [6, 6.07) is 4.48. The molecular formula is C21H25F3N6O3. The fourth-order valence-corrected chi connectivity index (χ4v) is 2.78. The monoisotopic (exact) mass is 466 g/mol. The summed E-state index contributed by atoms with van der Waals surface area (Å²) in [6.07, 6.45) is -0.735. The first-order valence-electron chi connectivity index (χ1n) is 9.89. The van der Waals surface area contributed by atoms with E-state index in [1.165, 1.54) is 29.2 Å². The standard InChI is InChI=1S/C21H25F3N6O3/c1-6-29(14(2)13-33-19(25-4)12-26-15(3)21(22,23)24)20(31)17-11-16(32-5)7-8-18(17)30-27-9-10-28-30/h7-12,14H,4,6,13H2,1-3,5H3/b19-12+,26-15?/t14-/m0/s1. The van der Waals surface area contributed by atoms with E-state index in [0.29, 0.717) is 23.5 Å². The summed E-state index contributed by atoms with van der Waals surface area (Å²) in [5.74, 6) is -0.0484. The third-order valence-corrected chi connectivity index (χ3v) is 4.61. The van der Waals surface area contributed by atoms with Crippen LogP contribution < -0.4 is 4.74 Å². The Bertz CT molecular complexity index is 1020. The van der Waals surface area contributed by atoms with Crippen molar-refractivity contribution >= 4 is 18.3 Å². The molecule has 2 rings (SSSR count). The van der Waals surface area contributed by atoms with Crippen LogP contribution in [0.3, 0.4) is 0 Å². The predicted molar refractivity (Wildman–Crippen MR) is 117 cm³/mol. The molecule has 1 aromatic heterocycles. The van der Waals surface area contributed by atoms with Gasteiger partial charge in [-0.2, -0.15) is 28.2 Å². The van der Waals surface area contributed by atoms with Crippen molar-refractivity contribution in [1.29, 1.82) is 0 Å². The molecule has 12 heteroatoms. The summed E-state index contributed by atoms with van der Waals surface area (Å²) in [6.45, 7) is 7.92. The number of amides is 1. The van der Waals surface area contributed by atoms with Gasteiger partial charge in [-0.15, -0.1) is 0 Å². The second-order valence-electron chi connectivity index (χ2n) is 6.79. The Balaban J connectivity index is 2.23. The molecule has 33 heavy (non-hydrogen) atoms. The smallest absolute Gasteiger partial charge is 0.429 e. The maximum atomic E-state index is 13.4. The van der Waals surface area contributed by atoms with Crippen molar-refractivity contribution in [3.8, 4) is 11.4 Å². The molecule has 0 radical (unpaired) electrons. The highest BCUT2D eigenvalue weighted by atomic mass is 19.4. The van der Waals surface area contributed by atoms with Crippen LogP contribution in [0.2, 0.25) is 0 Å². The number of carbonyl (C=O) groups excluding carboxylic acids is 1. The highest BCUT2D eigenvalue weighted by Gasteiger charge is 2.31. The minimum absolute atomic E-state index is 0.0512. The lowest BCUT2D eigenvalue weighted by Gasteiger charge is -2.28. The highest BCUT2D eigenvalue weighted by Crippen LogP contribution is 2.23. The molecule has 178 valence electrons. The Labute approximate surface area is 189 Å². The fourth-order valence-electron chi connectivity index (χ4n) is 2.78. The van der Waals surface area contributed by atoms with E-state index in [0.717, 1.165) is 13.1 Å². The van der Waals surface area contributed by atoms with E-state index in [1.54, 1.807) is 32.0 Å². The molecule has 0 unspecified atom stereocenters. The first-order chi connectivity index (χ1) is 15.6. The van der Waals surface area contributed by atoms with Crippen molar-refractivity contribution in [2.75, 3.05) is 20.3 Å². The molecule has 2 aromatic rings. The van der Waals surface area contributed by atoms with Crippen LogP contribution >= 0.6 is 0 Å². The van der Waals surface area contributed by atoms with Crippen molar-refractivity contribution < 1.29 is 27.4 Å². The van der Waals surface area contributed by atoms with Gasteiger partial charge >= 0.3 is 6.18 Å². The number of methoxy groups -OCH3 is 1. The Morgan fingerprint density at radius 1 is 1.33 bits per heavy atom. The summed E-state index contributed by atoms with van der Waals surface area (Å²) in [5, 5.41) is 8.18. The molecule has 0 N–H and O–H groups in total. The molecule has 0 bridgehead atoms. The largest absolute Gasteiger partial charge is 0.497 e. The van der Waals surface area contributed by atoms with Gasteiger partial charge in [0.15, 0.2) is 0 Å². The van der Waals surface area contributed by atoms with E-state index in [9.17, 15) is 18.0 Å². The molecule has 1 heterocycles. The maximum absolute atomic E-state index is 13.4. The first-order valence-corrected chi connectivity index (χ1v) is 9.89. The Morgan fingerprint density at radius 2 is 2.00 bits per heavy atom. The van der Waals surface area contributed by atoms with Gasteiger partial charge in [0.05, 0.1) is 43.0 Å². The van der Waals surface area contributed by atoms with Gasteiger partial charge in [-0.25, -0.2) is 4.99 Å². The molecule has 0 aliphatic heterocycles. The molecule has 0 saturated heterocycles. The number of hydrogen-bond donors (Lipinski definition) is 0. The number of nitrogens with zero attached hydrogens (tertiary/aromatic N) is 6. The van der Waals surface area contributed by atoms with E-state index >= 15 is 0 Å². The number of halogens is 3. The molecule has 0 fully saturated rings. The minimum atomic E-state index is -4.56. The highest BCUT2D eigenvalue weighted by molar-refractivity contribution is 5.98. The van der Waals surface area contributed by atoms with Gasteiger partial charge in [0.25, 0.3) is 5.91 Å². The van der Waals surface area contributed by atoms with E-state index in [1.807, 2.05) is 0 Å². The van der Waals surface area contributed by atoms with Gasteiger partial charge in [0.1, 0.15) is 18.1 Å². The molecule has 0 spiro atoms. The first kappa shape index (κ1) is 25.6. The molecule has 1 amide bonds. The average molecular weight is 466 g/mol. The van der Waals surface area contributed by atoms with E-state index in [4.69, 9.17) is 9.47 Å². The number of rotatable bonds is 10. The lowest BCUT2D eigenvalue weighted by molar-refractivity contribution is -0.0592. The van der Waals surface area contributed by atoms with Crippen LogP contribution in [0.25, 0.3) is 5.69 Å². The Kier molecular flexibility index (Phi) is 8.71. The summed E-state index contributed by atoms with van der Waals surface area (Å²) >= 11 is 0. The van der Waals surface area contributed by atoms with E-state index in [2.05, 4.69) is 26.9 Å². The second-order valence-corrected chi connectivity index (χ2v) is 6.79. The zero-order chi connectivity index (χ0) is 24.6. The maximum Gasteiger partial charge on any atom is 0.429 e. The quantitative estimate of drug-likeness (QED) is 0.393. The van der Waals surface area contributed by atoms with Crippen LogP contribution in [-0.4, -0.2) is 70.7 Å². The Hall–Kier alpha value is -3.70. The predicted octanol–water partition coefficient (Wildman–Crippen LogP) is 3.67. The average Bonchev–Trinajstić information content (AvgIpc) is 3.33. The van der Waals surface area contributed by atoms with Gasteiger partial charge < -0.3 is 14.4 Å². The third-order valence-electron chi connectivity index (χ3n) is 4.61. The molecule has 9 nitrogen and oxygen atoms in total. The summed E-state index contributed by atoms with van der Waals surface area (Å²) in [5.41, 5.74) is -0.284. The van der Waals surface area contributed by atoms with Gasteiger partial charge in [0, 0.05) is 6.54 Å². The van der Waals surface area contributed by atoms with E-state index in [-0.39, 0.29) is 18.4 Å². The molecule has 0 aliphatic rings. The second kappa shape index (κ2) is 11.2. The zero-order valence-corrected chi connectivity index (χ0v) is 18.7. The summed E-state index contributed by atoms with van der Waals surface area (Å²) in [7, 11) is 1.49. The number of ether oxygens (including phenoxy) is 2. The number of carbonyl (C=O) groups is 1. The normalized spacial score (nSPS) is 13.4. The summed E-state index contributed by atoms with van der Waals surface area (Å²) in [4.78, 5) is 23.1. The SMILES string of the molecule is C=N/C(=C\N=C(C)C(F)(F)F)OC[C@H](C)N(CC)C(=O)c1cc(OC)ccc1-n1nccn1. The van der Waals surface area contributed by atoms with Crippen molar-refractivity contribution in [3.63, 3.8) is 0 Å². The molecular weight excluding hydrogens is 441 g/mol. The molecule has 1 atom stereocenters. The lowest BCUT2D eigenvalue weighted by Crippen LogP contribution is -2.41. The van der Waals surface area contributed by atoms with Crippen molar-refractivity contribution in [2.45, 2.75) is 33.0 Å². The minimum Gasteiger partial charge on any atom is -0.497 e. The van der Waals surface area contributed by atoms with Gasteiger partial charge in [-0.1, -0.05) is 0 Å². The number of hydrogen-bond acceptors (Lipinski definition) is 7. The summed E-state index contributed by atoms with van der Waals surface area (Å²) < 4.78 is 48.5. The Morgan fingerprint density at radius 3 is 2.55 bits per heavy atom. The topological polar surface area (TPSA) is 94.2 Å². The number of aromatic nitrogens is 3. The number of alkyl halides is 3. The third kappa shape index (κ3) is 6.64.